The van der Waals surface area contributed by atoms with Gasteiger partial charge in [-0.05, 0) is 5.92 Å². The van der Waals surface area contributed by atoms with E-state index in [9.17, 15) is 18.0 Å². The first-order valence-electron chi connectivity index (χ1n) is 5.02. The Morgan fingerprint density at radius 1 is 1.44 bits per heavy atom. The van der Waals surface area contributed by atoms with Crippen LogP contribution in [0.1, 0.15) is 30.2 Å². The van der Waals surface area contributed by atoms with Crippen LogP contribution in [0.25, 0.3) is 0 Å². The van der Waals surface area contributed by atoms with E-state index in [4.69, 9.17) is 9.84 Å². The Morgan fingerprint density at radius 3 is 2.50 bits per heavy atom. The van der Waals surface area contributed by atoms with Gasteiger partial charge < -0.3 is 9.84 Å². The molecule has 1 heterocycles. The number of halogens is 3. The van der Waals surface area contributed by atoms with Crippen molar-refractivity contribution in [2.24, 2.45) is 5.92 Å². The fraction of sp³-hybridized carbons (Fsp3) is 0.500. The van der Waals surface area contributed by atoms with E-state index in [1.54, 1.807) is 13.8 Å². The van der Waals surface area contributed by atoms with E-state index in [0.29, 0.717) is 6.07 Å². The maximum Gasteiger partial charge on any atom is 0.433 e. The Morgan fingerprint density at radius 2 is 2.06 bits per heavy atom. The number of hydrogen-bond acceptors (Lipinski definition) is 4. The number of carboxylic acids is 1. The Bertz CT molecular complexity index is 446. The van der Waals surface area contributed by atoms with Gasteiger partial charge in [-0.25, -0.2) is 9.78 Å². The summed E-state index contributed by atoms with van der Waals surface area (Å²) >= 11 is 0. The molecule has 0 aliphatic carbocycles. The normalized spacial score (nSPS) is 11.7. The van der Waals surface area contributed by atoms with Gasteiger partial charge in [0, 0.05) is 6.07 Å². The van der Waals surface area contributed by atoms with Crippen LogP contribution in [0.3, 0.4) is 0 Å². The summed E-state index contributed by atoms with van der Waals surface area (Å²) in [6.45, 7) is 3.72. The smallest absolute Gasteiger partial charge is 0.433 e. The van der Waals surface area contributed by atoms with Crippen molar-refractivity contribution in [1.82, 2.24) is 9.97 Å². The van der Waals surface area contributed by atoms with Crippen molar-refractivity contribution in [3.05, 3.63) is 17.6 Å². The maximum atomic E-state index is 12.5. The molecule has 0 aliphatic heterocycles. The van der Waals surface area contributed by atoms with E-state index >= 15 is 0 Å². The largest absolute Gasteiger partial charge is 0.477 e. The SMILES string of the molecule is CC(C)COc1cc(C(F)(F)F)nc(C(=O)O)n1. The summed E-state index contributed by atoms with van der Waals surface area (Å²) in [7, 11) is 0. The molecule has 8 heteroatoms. The van der Waals surface area contributed by atoms with Crippen LogP contribution in [-0.2, 0) is 6.18 Å². The van der Waals surface area contributed by atoms with Crippen LogP contribution in [0.15, 0.2) is 6.07 Å². The van der Waals surface area contributed by atoms with Gasteiger partial charge in [0.25, 0.3) is 0 Å². The average Bonchev–Trinajstić information content (AvgIpc) is 2.24. The fourth-order valence-corrected chi connectivity index (χ4v) is 0.992. The van der Waals surface area contributed by atoms with Crippen molar-refractivity contribution in [3.8, 4) is 5.88 Å². The predicted octanol–water partition coefficient (Wildman–Crippen LogP) is 2.23. The lowest BCUT2D eigenvalue weighted by Crippen LogP contribution is -2.15. The van der Waals surface area contributed by atoms with Crippen LogP contribution >= 0.6 is 0 Å². The molecule has 0 radical (unpaired) electrons. The van der Waals surface area contributed by atoms with Crippen molar-refractivity contribution >= 4 is 5.97 Å². The standard InChI is InChI=1S/C10H11F3N2O3/c1-5(2)4-18-7-3-6(10(11,12)13)14-8(15-7)9(16)17/h3,5H,4H2,1-2H3,(H,16,17). The van der Waals surface area contributed by atoms with E-state index in [-0.39, 0.29) is 12.5 Å². The topological polar surface area (TPSA) is 72.3 Å². The van der Waals surface area contributed by atoms with Crippen molar-refractivity contribution in [2.45, 2.75) is 20.0 Å². The summed E-state index contributed by atoms with van der Waals surface area (Å²) < 4.78 is 42.4. The molecular formula is C10H11F3N2O3. The minimum Gasteiger partial charge on any atom is -0.477 e. The average molecular weight is 264 g/mol. The molecule has 1 rings (SSSR count). The third-order valence-corrected chi connectivity index (χ3v) is 1.75. The molecule has 1 aromatic heterocycles. The molecule has 0 atom stereocenters. The third-order valence-electron chi connectivity index (χ3n) is 1.75. The van der Waals surface area contributed by atoms with Gasteiger partial charge in [-0.1, -0.05) is 13.8 Å². The molecule has 18 heavy (non-hydrogen) atoms. The second-order valence-corrected chi connectivity index (χ2v) is 3.92. The lowest BCUT2D eigenvalue weighted by Gasteiger charge is -2.11. The molecule has 0 amide bonds. The summed E-state index contributed by atoms with van der Waals surface area (Å²) in [5.41, 5.74) is -1.34. The summed E-state index contributed by atoms with van der Waals surface area (Å²) in [6, 6.07) is 0.578. The lowest BCUT2D eigenvalue weighted by molar-refractivity contribution is -0.141. The summed E-state index contributed by atoms with van der Waals surface area (Å²) in [5, 5.41) is 8.63. The molecule has 100 valence electrons. The summed E-state index contributed by atoms with van der Waals surface area (Å²) in [6.07, 6.45) is -4.75. The van der Waals surface area contributed by atoms with Crippen LogP contribution in [-0.4, -0.2) is 27.7 Å². The highest BCUT2D eigenvalue weighted by Crippen LogP contribution is 2.29. The monoisotopic (exact) mass is 264 g/mol. The van der Waals surface area contributed by atoms with Crippen LogP contribution in [0.2, 0.25) is 0 Å². The zero-order valence-electron chi connectivity index (χ0n) is 9.65. The molecule has 0 saturated carbocycles. The Labute approximate surface area is 101 Å². The first-order chi connectivity index (χ1) is 8.20. The number of rotatable bonds is 4. The number of carbonyl (C=O) groups is 1. The first kappa shape index (κ1) is 14.2. The minimum absolute atomic E-state index is 0.0718. The van der Waals surface area contributed by atoms with E-state index in [1.165, 1.54) is 0 Å². The molecule has 0 aliphatic rings. The molecule has 0 spiro atoms. The second-order valence-electron chi connectivity index (χ2n) is 3.92. The fourth-order valence-electron chi connectivity index (χ4n) is 0.992. The number of carboxylic acid groups (broad SMARTS) is 1. The van der Waals surface area contributed by atoms with Crippen LogP contribution in [0.5, 0.6) is 5.88 Å². The number of alkyl halides is 3. The highest BCUT2D eigenvalue weighted by Gasteiger charge is 2.34. The second kappa shape index (κ2) is 5.19. The van der Waals surface area contributed by atoms with Crippen LogP contribution < -0.4 is 4.74 Å². The van der Waals surface area contributed by atoms with Crippen molar-refractivity contribution in [1.29, 1.82) is 0 Å². The molecular weight excluding hydrogens is 253 g/mol. The third kappa shape index (κ3) is 3.86. The van der Waals surface area contributed by atoms with E-state index in [0.717, 1.165) is 0 Å². The predicted molar refractivity (Wildman–Crippen MR) is 54.3 cm³/mol. The molecule has 1 aromatic rings. The maximum absolute atomic E-state index is 12.5. The van der Waals surface area contributed by atoms with Gasteiger partial charge in [0.15, 0.2) is 5.69 Å². The van der Waals surface area contributed by atoms with Gasteiger partial charge in [0.1, 0.15) is 0 Å². The van der Waals surface area contributed by atoms with Gasteiger partial charge in [-0.2, -0.15) is 18.2 Å². The van der Waals surface area contributed by atoms with Crippen molar-refractivity contribution in [3.63, 3.8) is 0 Å². The Hall–Kier alpha value is -1.86. The van der Waals surface area contributed by atoms with Crippen molar-refractivity contribution in [2.75, 3.05) is 6.61 Å². The number of aromatic carboxylic acids is 1. The zero-order valence-corrected chi connectivity index (χ0v) is 9.65. The number of hydrogen-bond donors (Lipinski definition) is 1. The number of ether oxygens (including phenoxy) is 1. The van der Waals surface area contributed by atoms with Gasteiger partial charge in [0.05, 0.1) is 6.61 Å². The molecule has 0 fully saturated rings. The van der Waals surface area contributed by atoms with Gasteiger partial charge in [-0.15, -0.1) is 0 Å². The molecule has 0 saturated heterocycles. The Kier molecular flexibility index (Phi) is 4.10. The quantitative estimate of drug-likeness (QED) is 0.902. The van der Waals surface area contributed by atoms with Crippen LogP contribution in [0, 0.1) is 5.92 Å². The summed E-state index contributed by atoms with van der Waals surface area (Å²) in [4.78, 5) is 16.9. The van der Waals surface area contributed by atoms with Crippen molar-refractivity contribution < 1.29 is 27.8 Å². The van der Waals surface area contributed by atoms with E-state index in [1.807, 2.05) is 0 Å². The van der Waals surface area contributed by atoms with Gasteiger partial charge >= 0.3 is 12.1 Å². The first-order valence-corrected chi connectivity index (χ1v) is 5.02. The zero-order chi connectivity index (χ0) is 13.9. The van der Waals surface area contributed by atoms with Gasteiger partial charge in [-0.3, -0.25) is 0 Å². The molecule has 5 nitrogen and oxygen atoms in total. The number of aromatic nitrogens is 2. The Balaban J connectivity index is 3.10. The van der Waals surface area contributed by atoms with E-state index < -0.39 is 29.5 Å². The molecule has 1 N–H and O–H groups in total. The molecule has 0 aromatic carbocycles. The van der Waals surface area contributed by atoms with E-state index in [2.05, 4.69) is 9.97 Å². The minimum atomic E-state index is -4.75. The molecule has 0 unspecified atom stereocenters. The van der Waals surface area contributed by atoms with Gasteiger partial charge in [0.2, 0.25) is 11.7 Å². The lowest BCUT2D eigenvalue weighted by atomic mass is 10.2. The number of nitrogens with zero attached hydrogens (tertiary/aromatic N) is 2. The molecule has 0 bridgehead atoms. The highest BCUT2D eigenvalue weighted by atomic mass is 19.4. The summed E-state index contributed by atoms with van der Waals surface area (Å²) in [5.74, 6) is -2.91. The van der Waals surface area contributed by atoms with Crippen LogP contribution in [0.4, 0.5) is 13.2 Å². The highest BCUT2D eigenvalue weighted by molar-refractivity contribution is 5.83.